The number of nitrogens with zero attached hydrogens (tertiary/aromatic N) is 1. The van der Waals surface area contributed by atoms with E-state index in [1.807, 2.05) is 24.3 Å². The van der Waals surface area contributed by atoms with Crippen molar-refractivity contribution in [2.45, 2.75) is 13.1 Å². The molecule has 0 bridgehead atoms. The Labute approximate surface area is 157 Å². The summed E-state index contributed by atoms with van der Waals surface area (Å²) in [6.45, 7) is 4.53. The van der Waals surface area contributed by atoms with Gasteiger partial charge in [0.25, 0.3) is 0 Å². The average molecular weight is 371 g/mol. The normalized spacial score (nSPS) is 14.6. The van der Waals surface area contributed by atoms with Crippen LogP contribution in [0.5, 0.6) is 0 Å². The highest BCUT2D eigenvalue weighted by molar-refractivity contribution is 6.39. The smallest absolute Gasteiger partial charge is 0.313 e. The second-order valence-electron chi connectivity index (χ2n) is 6.35. The lowest BCUT2D eigenvalue weighted by atomic mass is 10.1. The quantitative estimate of drug-likeness (QED) is 0.788. The summed E-state index contributed by atoms with van der Waals surface area (Å²) < 4.78 is 18.2. The van der Waals surface area contributed by atoms with Gasteiger partial charge in [0, 0.05) is 31.9 Å². The van der Waals surface area contributed by atoms with Gasteiger partial charge in [-0.25, -0.2) is 4.39 Å². The maximum absolute atomic E-state index is 12.9. The van der Waals surface area contributed by atoms with Gasteiger partial charge in [0.05, 0.1) is 13.2 Å². The molecule has 0 aromatic heterocycles. The summed E-state index contributed by atoms with van der Waals surface area (Å²) >= 11 is 0. The molecule has 0 unspecified atom stereocenters. The number of hydrogen-bond donors (Lipinski definition) is 2. The summed E-state index contributed by atoms with van der Waals surface area (Å²) in [7, 11) is 0. The zero-order chi connectivity index (χ0) is 19.1. The molecule has 1 fully saturated rings. The minimum atomic E-state index is -0.787. The lowest BCUT2D eigenvalue weighted by molar-refractivity contribution is -0.136. The Hall–Kier alpha value is -2.77. The van der Waals surface area contributed by atoms with Crippen LogP contribution in [0.2, 0.25) is 0 Å². The number of halogens is 1. The topological polar surface area (TPSA) is 70.7 Å². The number of rotatable bonds is 5. The van der Waals surface area contributed by atoms with Gasteiger partial charge in [-0.2, -0.15) is 0 Å². The van der Waals surface area contributed by atoms with E-state index in [2.05, 4.69) is 15.5 Å². The van der Waals surface area contributed by atoms with Gasteiger partial charge < -0.3 is 15.4 Å². The van der Waals surface area contributed by atoms with Crippen LogP contribution in [-0.2, 0) is 27.4 Å². The highest BCUT2D eigenvalue weighted by Gasteiger charge is 2.14. The van der Waals surface area contributed by atoms with Crippen LogP contribution in [0.25, 0.3) is 0 Å². The van der Waals surface area contributed by atoms with Crippen LogP contribution < -0.4 is 10.6 Å². The molecule has 2 aromatic rings. The Balaban J connectivity index is 1.45. The number of benzene rings is 2. The third-order valence-electron chi connectivity index (χ3n) is 4.29. The molecule has 1 saturated heterocycles. The Bertz CT molecular complexity index is 772. The molecule has 1 aliphatic heterocycles. The van der Waals surface area contributed by atoms with Crippen LogP contribution >= 0.6 is 0 Å². The molecule has 0 saturated carbocycles. The van der Waals surface area contributed by atoms with Gasteiger partial charge >= 0.3 is 11.8 Å². The van der Waals surface area contributed by atoms with Crippen LogP contribution in [0, 0.1) is 5.82 Å². The molecule has 6 nitrogen and oxygen atoms in total. The molecule has 0 spiro atoms. The Kier molecular flexibility index (Phi) is 6.51. The lowest BCUT2D eigenvalue weighted by Gasteiger charge is -2.26. The van der Waals surface area contributed by atoms with E-state index in [0.29, 0.717) is 5.69 Å². The number of hydrogen-bond acceptors (Lipinski definition) is 4. The summed E-state index contributed by atoms with van der Waals surface area (Å²) in [5.41, 5.74) is 2.47. The van der Waals surface area contributed by atoms with Gasteiger partial charge in [-0.3, -0.25) is 14.5 Å². The molecule has 2 amide bonds. The number of ether oxygens (including phenoxy) is 1. The number of morpholine rings is 1. The van der Waals surface area contributed by atoms with E-state index in [0.717, 1.165) is 38.4 Å². The second-order valence-corrected chi connectivity index (χ2v) is 6.35. The fourth-order valence-corrected chi connectivity index (χ4v) is 2.76. The highest BCUT2D eigenvalue weighted by Crippen LogP contribution is 2.10. The van der Waals surface area contributed by atoms with Crippen molar-refractivity contribution in [1.82, 2.24) is 10.2 Å². The van der Waals surface area contributed by atoms with E-state index >= 15 is 0 Å². The van der Waals surface area contributed by atoms with Gasteiger partial charge in [-0.05, 0) is 35.4 Å². The predicted octanol–water partition coefficient (Wildman–Crippen LogP) is 1.91. The highest BCUT2D eigenvalue weighted by atomic mass is 19.1. The van der Waals surface area contributed by atoms with Crippen molar-refractivity contribution < 1.29 is 18.7 Å². The maximum Gasteiger partial charge on any atom is 0.313 e. The van der Waals surface area contributed by atoms with Gasteiger partial charge in [0.1, 0.15) is 5.82 Å². The molecule has 27 heavy (non-hydrogen) atoms. The number of nitrogens with one attached hydrogen (secondary N) is 2. The summed E-state index contributed by atoms with van der Waals surface area (Å²) in [5.74, 6) is -1.93. The van der Waals surface area contributed by atoms with Crippen molar-refractivity contribution in [2.75, 3.05) is 31.6 Å². The largest absolute Gasteiger partial charge is 0.379 e. The molecule has 0 radical (unpaired) electrons. The van der Waals surface area contributed by atoms with E-state index in [1.165, 1.54) is 29.8 Å². The third-order valence-corrected chi connectivity index (χ3v) is 4.29. The first-order valence-electron chi connectivity index (χ1n) is 8.83. The molecule has 142 valence electrons. The number of carbonyl (C=O) groups is 2. The van der Waals surface area contributed by atoms with Crippen molar-refractivity contribution in [2.24, 2.45) is 0 Å². The summed E-state index contributed by atoms with van der Waals surface area (Å²) in [6, 6.07) is 13.1. The average Bonchev–Trinajstić information content (AvgIpc) is 2.69. The zero-order valence-corrected chi connectivity index (χ0v) is 14.9. The molecular weight excluding hydrogens is 349 g/mol. The fraction of sp³-hybridized carbons (Fsp3) is 0.300. The molecule has 3 rings (SSSR count). The SMILES string of the molecule is O=C(NCc1ccc(CN2CCOCC2)cc1)C(=O)Nc1ccc(F)cc1. The van der Waals surface area contributed by atoms with Gasteiger partial charge in [0.15, 0.2) is 0 Å². The first kappa shape index (κ1) is 19.0. The minimum absolute atomic E-state index is 0.257. The summed E-state index contributed by atoms with van der Waals surface area (Å²) in [6.07, 6.45) is 0. The fourth-order valence-electron chi connectivity index (χ4n) is 2.76. The van der Waals surface area contributed by atoms with Crippen LogP contribution in [-0.4, -0.2) is 43.0 Å². The Morgan fingerprint density at radius 1 is 0.926 bits per heavy atom. The summed E-state index contributed by atoms with van der Waals surface area (Å²) in [4.78, 5) is 26.1. The number of anilines is 1. The lowest BCUT2D eigenvalue weighted by Crippen LogP contribution is -2.35. The van der Waals surface area contributed by atoms with Crippen molar-refractivity contribution in [3.8, 4) is 0 Å². The van der Waals surface area contributed by atoms with Crippen molar-refractivity contribution in [3.63, 3.8) is 0 Å². The van der Waals surface area contributed by atoms with Crippen LogP contribution in [0.1, 0.15) is 11.1 Å². The van der Waals surface area contributed by atoms with Gasteiger partial charge in [-0.15, -0.1) is 0 Å². The summed E-state index contributed by atoms with van der Waals surface area (Å²) in [5, 5.41) is 5.01. The van der Waals surface area contributed by atoms with E-state index in [1.54, 1.807) is 0 Å². The maximum atomic E-state index is 12.9. The molecule has 2 N–H and O–H groups in total. The first-order chi connectivity index (χ1) is 13.1. The number of carbonyl (C=O) groups excluding carboxylic acids is 2. The molecule has 0 atom stereocenters. The molecule has 7 heteroatoms. The van der Waals surface area contributed by atoms with Crippen LogP contribution in [0.4, 0.5) is 10.1 Å². The minimum Gasteiger partial charge on any atom is -0.379 e. The van der Waals surface area contributed by atoms with Crippen LogP contribution in [0.3, 0.4) is 0 Å². The monoisotopic (exact) mass is 371 g/mol. The predicted molar refractivity (Wildman–Crippen MR) is 99.4 cm³/mol. The second kappa shape index (κ2) is 9.25. The molecular formula is C20H22FN3O3. The first-order valence-corrected chi connectivity index (χ1v) is 8.83. The standard InChI is InChI=1S/C20H22FN3O3/c21-17-5-7-18(8-6-17)23-20(26)19(25)22-13-15-1-3-16(4-2-15)14-24-9-11-27-12-10-24/h1-8H,9-14H2,(H,22,25)(H,23,26). The molecule has 1 aliphatic rings. The Morgan fingerprint density at radius 2 is 1.56 bits per heavy atom. The van der Waals surface area contributed by atoms with Gasteiger partial charge in [0.2, 0.25) is 0 Å². The van der Waals surface area contributed by atoms with Crippen molar-refractivity contribution in [1.29, 1.82) is 0 Å². The van der Waals surface area contributed by atoms with E-state index in [9.17, 15) is 14.0 Å². The third kappa shape index (κ3) is 5.87. The molecule has 2 aromatic carbocycles. The Morgan fingerprint density at radius 3 is 2.22 bits per heavy atom. The van der Waals surface area contributed by atoms with Crippen molar-refractivity contribution in [3.05, 3.63) is 65.5 Å². The number of amides is 2. The van der Waals surface area contributed by atoms with E-state index in [-0.39, 0.29) is 6.54 Å². The zero-order valence-electron chi connectivity index (χ0n) is 14.9. The molecule has 0 aliphatic carbocycles. The van der Waals surface area contributed by atoms with Gasteiger partial charge in [-0.1, -0.05) is 24.3 Å². The van der Waals surface area contributed by atoms with E-state index < -0.39 is 17.6 Å². The van der Waals surface area contributed by atoms with Crippen LogP contribution in [0.15, 0.2) is 48.5 Å². The van der Waals surface area contributed by atoms with E-state index in [4.69, 9.17) is 4.74 Å². The van der Waals surface area contributed by atoms with Crippen molar-refractivity contribution >= 4 is 17.5 Å². The molecule has 1 heterocycles.